The zero-order valence-corrected chi connectivity index (χ0v) is 20.9. The largest absolute Gasteiger partial charge is 0.423 e. The minimum absolute atomic E-state index is 0.0432. The molecule has 4 rings (SSSR count). The van der Waals surface area contributed by atoms with E-state index in [1.807, 2.05) is 13.8 Å². The summed E-state index contributed by atoms with van der Waals surface area (Å²) in [5.41, 5.74) is 0.0886. The molecule has 2 saturated heterocycles. The first-order valence-corrected chi connectivity index (χ1v) is 12.8. The van der Waals surface area contributed by atoms with Crippen molar-refractivity contribution in [3.8, 4) is 0 Å². The van der Waals surface area contributed by atoms with E-state index in [9.17, 15) is 9.59 Å². The molecule has 3 heterocycles. The topological polar surface area (TPSA) is 82.8 Å². The molecular formula is C25H41N5O3. The van der Waals surface area contributed by atoms with Gasteiger partial charge in [-0.15, -0.1) is 10.2 Å². The van der Waals surface area contributed by atoms with E-state index >= 15 is 0 Å². The van der Waals surface area contributed by atoms with Gasteiger partial charge >= 0.3 is 0 Å². The molecule has 3 aliphatic rings. The predicted molar refractivity (Wildman–Crippen MR) is 125 cm³/mol. The fourth-order valence-electron chi connectivity index (χ4n) is 5.84. The summed E-state index contributed by atoms with van der Waals surface area (Å²) in [4.78, 5) is 31.4. The summed E-state index contributed by atoms with van der Waals surface area (Å²) >= 11 is 0. The van der Waals surface area contributed by atoms with E-state index in [2.05, 4.69) is 20.0 Å². The van der Waals surface area contributed by atoms with Crippen LogP contribution >= 0.6 is 0 Å². The molecule has 1 saturated carbocycles. The molecule has 0 radical (unpaired) electrons. The molecule has 2 amide bonds. The Morgan fingerprint density at radius 3 is 2.42 bits per heavy atom. The summed E-state index contributed by atoms with van der Waals surface area (Å²) in [6, 6.07) is -0.0432. The third-order valence-corrected chi connectivity index (χ3v) is 8.04. The van der Waals surface area contributed by atoms with Gasteiger partial charge in [0, 0.05) is 46.1 Å². The van der Waals surface area contributed by atoms with Crippen molar-refractivity contribution >= 4 is 11.8 Å². The molecule has 3 fully saturated rings. The van der Waals surface area contributed by atoms with Crippen molar-refractivity contribution in [1.82, 2.24) is 24.9 Å². The highest BCUT2D eigenvalue weighted by molar-refractivity contribution is 5.78. The van der Waals surface area contributed by atoms with E-state index in [1.54, 1.807) is 19.0 Å². The summed E-state index contributed by atoms with van der Waals surface area (Å²) in [5.74, 6) is 2.45. The number of amides is 2. The van der Waals surface area contributed by atoms with Gasteiger partial charge in [0.15, 0.2) is 0 Å². The highest BCUT2D eigenvalue weighted by Gasteiger charge is 2.48. The molecule has 8 heteroatoms. The molecule has 1 unspecified atom stereocenters. The van der Waals surface area contributed by atoms with Gasteiger partial charge in [0.2, 0.25) is 23.6 Å². The highest BCUT2D eigenvalue weighted by atomic mass is 16.4. The fraction of sp³-hybridized carbons (Fsp3) is 0.840. The van der Waals surface area contributed by atoms with Crippen molar-refractivity contribution in [2.75, 3.05) is 40.3 Å². The van der Waals surface area contributed by atoms with Crippen LogP contribution in [0.15, 0.2) is 4.42 Å². The number of carbonyl (C=O) groups is 2. The quantitative estimate of drug-likeness (QED) is 0.646. The van der Waals surface area contributed by atoms with E-state index in [4.69, 9.17) is 4.42 Å². The van der Waals surface area contributed by atoms with Gasteiger partial charge in [-0.1, -0.05) is 33.1 Å². The molecule has 33 heavy (non-hydrogen) atoms. The van der Waals surface area contributed by atoms with Gasteiger partial charge in [0.25, 0.3) is 0 Å². The summed E-state index contributed by atoms with van der Waals surface area (Å²) in [5, 5.41) is 8.60. The lowest BCUT2D eigenvalue weighted by Crippen LogP contribution is -2.45. The molecule has 1 aromatic rings. The fourth-order valence-corrected chi connectivity index (χ4v) is 5.84. The van der Waals surface area contributed by atoms with E-state index < -0.39 is 0 Å². The second kappa shape index (κ2) is 10.1. The van der Waals surface area contributed by atoms with E-state index in [0.29, 0.717) is 30.2 Å². The van der Waals surface area contributed by atoms with E-state index in [0.717, 1.165) is 45.3 Å². The van der Waals surface area contributed by atoms with Gasteiger partial charge in [0.05, 0.1) is 12.6 Å². The molecule has 1 aromatic heterocycles. The predicted octanol–water partition coefficient (Wildman–Crippen LogP) is 3.61. The molecule has 0 aromatic carbocycles. The number of likely N-dealkylation sites (N-methyl/N-ethyl adjacent to an activating group) is 1. The third kappa shape index (κ3) is 5.58. The standard InChI is InChI=1S/C25H41N5O3/c1-18(2)23-26-27-24(33-23)20-15-25(17-30(20)16-22(32)28(3)4)10-12-29(13-11-25)21(31)14-19-8-6-5-7-9-19/h18-20H,5-17H2,1-4H3. The van der Waals surface area contributed by atoms with Crippen LogP contribution in [0.25, 0.3) is 0 Å². The lowest BCUT2D eigenvalue weighted by atomic mass is 9.76. The van der Waals surface area contributed by atoms with Crippen LogP contribution in [-0.4, -0.2) is 77.0 Å². The van der Waals surface area contributed by atoms with Gasteiger partial charge in [-0.2, -0.15) is 0 Å². The number of hydrogen-bond donors (Lipinski definition) is 0. The van der Waals surface area contributed by atoms with Gasteiger partial charge in [0.1, 0.15) is 0 Å². The van der Waals surface area contributed by atoms with Gasteiger partial charge in [-0.3, -0.25) is 14.5 Å². The van der Waals surface area contributed by atoms with Crippen LogP contribution in [0.5, 0.6) is 0 Å². The molecular weight excluding hydrogens is 418 g/mol. The second-order valence-corrected chi connectivity index (χ2v) is 11.1. The number of carbonyl (C=O) groups excluding carboxylic acids is 2. The average molecular weight is 460 g/mol. The maximum atomic E-state index is 12.9. The number of aromatic nitrogens is 2. The van der Waals surface area contributed by atoms with Crippen LogP contribution < -0.4 is 0 Å². The zero-order chi connectivity index (χ0) is 23.6. The summed E-state index contributed by atoms with van der Waals surface area (Å²) < 4.78 is 6.03. The molecule has 0 bridgehead atoms. The average Bonchev–Trinajstić information content (AvgIpc) is 3.40. The second-order valence-electron chi connectivity index (χ2n) is 11.1. The van der Waals surface area contributed by atoms with Crippen molar-refractivity contribution in [2.24, 2.45) is 11.3 Å². The van der Waals surface area contributed by atoms with Crippen molar-refractivity contribution in [3.63, 3.8) is 0 Å². The Morgan fingerprint density at radius 1 is 1.12 bits per heavy atom. The zero-order valence-electron chi connectivity index (χ0n) is 20.9. The van der Waals surface area contributed by atoms with Crippen LogP contribution in [0, 0.1) is 11.3 Å². The summed E-state index contributed by atoms with van der Waals surface area (Å²) in [6.07, 6.45) is 9.86. The number of piperidine rings is 1. The lowest BCUT2D eigenvalue weighted by molar-refractivity contribution is -0.134. The molecule has 1 aliphatic carbocycles. The SMILES string of the molecule is CC(C)c1nnc(C2CC3(CCN(C(=O)CC4CCCCC4)CC3)CN2CC(=O)N(C)C)o1. The molecule has 0 N–H and O–H groups in total. The lowest BCUT2D eigenvalue weighted by Gasteiger charge is -2.40. The Hall–Kier alpha value is -1.96. The van der Waals surface area contributed by atoms with Crippen molar-refractivity contribution in [1.29, 1.82) is 0 Å². The number of hydrogen-bond acceptors (Lipinski definition) is 6. The molecule has 1 atom stereocenters. The summed E-state index contributed by atoms with van der Waals surface area (Å²) in [6.45, 7) is 6.90. The first-order valence-electron chi connectivity index (χ1n) is 12.8. The van der Waals surface area contributed by atoms with Crippen LogP contribution in [0.1, 0.15) is 95.4 Å². The Labute approximate surface area is 198 Å². The summed E-state index contributed by atoms with van der Waals surface area (Å²) in [7, 11) is 3.59. The van der Waals surface area contributed by atoms with Crippen LogP contribution in [-0.2, 0) is 9.59 Å². The Kier molecular flexibility index (Phi) is 7.41. The smallest absolute Gasteiger partial charge is 0.236 e. The monoisotopic (exact) mass is 459 g/mol. The molecule has 184 valence electrons. The normalized spacial score (nSPS) is 24.0. The van der Waals surface area contributed by atoms with Crippen molar-refractivity contribution < 1.29 is 14.0 Å². The first-order chi connectivity index (χ1) is 15.8. The molecule has 2 aliphatic heterocycles. The number of nitrogens with zero attached hydrogens (tertiary/aromatic N) is 5. The van der Waals surface area contributed by atoms with Gasteiger partial charge in [-0.05, 0) is 43.4 Å². The van der Waals surface area contributed by atoms with E-state index in [1.165, 1.54) is 32.1 Å². The highest BCUT2D eigenvalue weighted by Crippen LogP contribution is 2.49. The van der Waals surface area contributed by atoms with Crippen molar-refractivity contribution in [2.45, 2.75) is 83.6 Å². The maximum absolute atomic E-state index is 12.9. The Bertz CT molecular complexity index is 822. The Balaban J connectivity index is 1.42. The van der Waals surface area contributed by atoms with Gasteiger partial charge < -0.3 is 14.2 Å². The molecule has 8 nitrogen and oxygen atoms in total. The third-order valence-electron chi connectivity index (χ3n) is 8.04. The van der Waals surface area contributed by atoms with Crippen LogP contribution in [0.4, 0.5) is 0 Å². The van der Waals surface area contributed by atoms with Gasteiger partial charge in [-0.25, -0.2) is 0 Å². The number of rotatable bonds is 6. The minimum atomic E-state index is -0.0432. The van der Waals surface area contributed by atoms with Crippen molar-refractivity contribution in [3.05, 3.63) is 11.8 Å². The Morgan fingerprint density at radius 2 is 1.82 bits per heavy atom. The first kappa shape index (κ1) is 24.2. The van der Waals surface area contributed by atoms with Crippen LogP contribution in [0.3, 0.4) is 0 Å². The number of likely N-dealkylation sites (tertiary alicyclic amines) is 2. The minimum Gasteiger partial charge on any atom is -0.423 e. The van der Waals surface area contributed by atoms with E-state index in [-0.39, 0.29) is 23.3 Å². The maximum Gasteiger partial charge on any atom is 0.236 e. The van der Waals surface area contributed by atoms with Crippen LogP contribution in [0.2, 0.25) is 0 Å². The molecule has 1 spiro atoms.